The summed E-state index contributed by atoms with van der Waals surface area (Å²) in [6, 6.07) is 8.62. The standard InChI is InChI=1S/C17H22N2O2/c1-11-12(2)21-17(18-11)14-5-4-6-15(9-14)19-16(10-20-3)13-7-8-13/h4-6,9,13,16,19H,7-8,10H2,1-3H3/t16-/m0/s1. The molecule has 21 heavy (non-hydrogen) atoms. The molecule has 1 aliphatic rings. The SMILES string of the molecule is COC[C@H](Nc1cccc(-c2nc(C)c(C)o2)c1)C1CC1. The third-order valence-corrected chi connectivity index (χ3v) is 4.03. The van der Waals surface area contributed by atoms with Gasteiger partial charge in [0.1, 0.15) is 5.76 Å². The molecule has 0 bridgehead atoms. The van der Waals surface area contributed by atoms with Crippen molar-refractivity contribution in [1.29, 1.82) is 0 Å². The molecule has 1 aromatic carbocycles. The monoisotopic (exact) mass is 286 g/mol. The lowest BCUT2D eigenvalue weighted by atomic mass is 10.1. The van der Waals surface area contributed by atoms with Gasteiger partial charge in [-0.15, -0.1) is 0 Å². The molecule has 1 aromatic heterocycles. The fourth-order valence-electron chi connectivity index (χ4n) is 2.53. The number of oxazole rings is 1. The normalized spacial score (nSPS) is 16.0. The Hall–Kier alpha value is -1.81. The van der Waals surface area contributed by atoms with Gasteiger partial charge in [0, 0.05) is 18.4 Å². The maximum atomic E-state index is 5.70. The lowest BCUT2D eigenvalue weighted by Crippen LogP contribution is -2.27. The zero-order chi connectivity index (χ0) is 14.8. The van der Waals surface area contributed by atoms with Crippen molar-refractivity contribution in [2.75, 3.05) is 19.0 Å². The smallest absolute Gasteiger partial charge is 0.226 e. The summed E-state index contributed by atoms with van der Waals surface area (Å²) in [5.41, 5.74) is 3.04. The predicted molar refractivity (Wildman–Crippen MR) is 83.4 cm³/mol. The average Bonchev–Trinajstić information content (AvgIpc) is 3.26. The number of hydrogen-bond acceptors (Lipinski definition) is 4. The van der Waals surface area contributed by atoms with E-state index >= 15 is 0 Å². The van der Waals surface area contributed by atoms with Gasteiger partial charge in [0.15, 0.2) is 0 Å². The van der Waals surface area contributed by atoms with Gasteiger partial charge in [0.25, 0.3) is 0 Å². The Morgan fingerprint density at radius 3 is 2.81 bits per heavy atom. The predicted octanol–water partition coefficient (Wildman–Crippen LogP) is 3.80. The van der Waals surface area contributed by atoms with Gasteiger partial charge >= 0.3 is 0 Å². The minimum Gasteiger partial charge on any atom is -0.441 e. The summed E-state index contributed by atoms with van der Waals surface area (Å²) >= 11 is 0. The highest BCUT2D eigenvalue weighted by atomic mass is 16.5. The molecular weight excluding hydrogens is 264 g/mol. The number of nitrogens with one attached hydrogen (secondary N) is 1. The lowest BCUT2D eigenvalue weighted by Gasteiger charge is -2.18. The lowest BCUT2D eigenvalue weighted by molar-refractivity contribution is 0.179. The molecule has 0 aliphatic heterocycles. The molecule has 1 saturated carbocycles. The number of hydrogen-bond donors (Lipinski definition) is 1. The van der Waals surface area contributed by atoms with E-state index in [-0.39, 0.29) is 0 Å². The first kappa shape index (κ1) is 14.1. The number of aromatic nitrogens is 1. The van der Waals surface area contributed by atoms with E-state index in [1.807, 2.05) is 26.0 Å². The van der Waals surface area contributed by atoms with Crippen molar-refractivity contribution < 1.29 is 9.15 Å². The maximum absolute atomic E-state index is 5.70. The van der Waals surface area contributed by atoms with Crippen molar-refractivity contribution in [1.82, 2.24) is 4.98 Å². The highest BCUT2D eigenvalue weighted by molar-refractivity contribution is 5.62. The van der Waals surface area contributed by atoms with Gasteiger partial charge in [-0.3, -0.25) is 0 Å². The number of benzene rings is 1. The molecule has 4 nitrogen and oxygen atoms in total. The number of methoxy groups -OCH3 is 1. The highest BCUT2D eigenvalue weighted by Gasteiger charge is 2.31. The topological polar surface area (TPSA) is 47.3 Å². The zero-order valence-corrected chi connectivity index (χ0v) is 12.8. The van der Waals surface area contributed by atoms with Crippen LogP contribution in [0, 0.1) is 19.8 Å². The van der Waals surface area contributed by atoms with Gasteiger partial charge in [0.2, 0.25) is 5.89 Å². The molecule has 0 unspecified atom stereocenters. The summed E-state index contributed by atoms with van der Waals surface area (Å²) in [4.78, 5) is 4.47. The van der Waals surface area contributed by atoms with Crippen LogP contribution >= 0.6 is 0 Å². The fraction of sp³-hybridized carbons (Fsp3) is 0.471. The van der Waals surface area contributed by atoms with Crippen molar-refractivity contribution in [3.8, 4) is 11.5 Å². The molecule has 3 rings (SSSR count). The molecule has 1 fully saturated rings. The highest BCUT2D eigenvalue weighted by Crippen LogP contribution is 2.35. The van der Waals surface area contributed by atoms with Gasteiger partial charge in [-0.1, -0.05) is 6.07 Å². The Bertz CT molecular complexity index is 598. The second-order valence-corrected chi connectivity index (χ2v) is 5.79. The second kappa shape index (κ2) is 5.90. The van der Waals surface area contributed by atoms with Crippen LogP contribution in [-0.4, -0.2) is 24.7 Å². The number of aryl methyl sites for hydroxylation is 2. The molecule has 0 spiro atoms. The Kier molecular flexibility index (Phi) is 3.97. The minimum atomic E-state index is 0.387. The number of nitrogens with zero attached hydrogens (tertiary/aromatic N) is 1. The van der Waals surface area contributed by atoms with Crippen LogP contribution in [0.3, 0.4) is 0 Å². The molecule has 1 heterocycles. The van der Waals surface area contributed by atoms with E-state index in [1.54, 1.807) is 7.11 Å². The van der Waals surface area contributed by atoms with Crippen LogP contribution in [0.5, 0.6) is 0 Å². The van der Waals surface area contributed by atoms with Crippen molar-refractivity contribution in [3.63, 3.8) is 0 Å². The molecule has 1 aliphatic carbocycles. The first-order valence-electron chi connectivity index (χ1n) is 7.47. The Balaban J connectivity index is 1.79. The third kappa shape index (κ3) is 3.27. The Morgan fingerprint density at radius 2 is 2.19 bits per heavy atom. The molecule has 1 atom stereocenters. The van der Waals surface area contributed by atoms with E-state index in [9.17, 15) is 0 Å². The summed E-state index contributed by atoms with van der Waals surface area (Å²) in [5.74, 6) is 2.29. The van der Waals surface area contributed by atoms with Crippen LogP contribution in [0.1, 0.15) is 24.3 Å². The zero-order valence-electron chi connectivity index (χ0n) is 12.8. The number of rotatable bonds is 6. The van der Waals surface area contributed by atoms with Gasteiger partial charge in [-0.05, 0) is 50.8 Å². The van der Waals surface area contributed by atoms with Crippen molar-refractivity contribution >= 4 is 5.69 Å². The fourth-order valence-corrected chi connectivity index (χ4v) is 2.53. The summed E-state index contributed by atoms with van der Waals surface area (Å²) < 4.78 is 11.0. The third-order valence-electron chi connectivity index (χ3n) is 4.03. The largest absolute Gasteiger partial charge is 0.441 e. The van der Waals surface area contributed by atoms with Gasteiger partial charge in [-0.25, -0.2) is 4.98 Å². The van der Waals surface area contributed by atoms with Crippen LogP contribution in [0.2, 0.25) is 0 Å². The van der Waals surface area contributed by atoms with Gasteiger partial charge < -0.3 is 14.5 Å². The van der Waals surface area contributed by atoms with Crippen LogP contribution in [0.15, 0.2) is 28.7 Å². The summed E-state index contributed by atoms with van der Waals surface area (Å²) in [6.45, 7) is 4.65. The summed E-state index contributed by atoms with van der Waals surface area (Å²) in [7, 11) is 1.76. The molecule has 4 heteroatoms. The van der Waals surface area contributed by atoms with Gasteiger partial charge in [-0.2, -0.15) is 0 Å². The summed E-state index contributed by atoms with van der Waals surface area (Å²) in [5, 5.41) is 3.58. The maximum Gasteiger partial charge on any atom is 0.226 e. The van der Waals surface area contributed by atoms with Gasteiger partial charge in [0.05, 0.1) is 18.3 Å². The Morgan fingerprint density at radius 1 is 1.38 bits per heavy atom. The van der Waals surface area contributed by atoms with Crippen LogP contribution in [-0.2, 0) is 4.74 Å². The van der Waals surface area contributed by atoms with Crippen LogP contribution < -0.4 is 5.32 Å². The van der Waals surface area contributed by atoms with Crippen LogP contribution in [0.25, 0.3) is 11.5 Å². The Labute approximate surface area is 125 Å². The molecular formula is C17H22N2O2. The average molecular weight is 286 g/mol. The van der Waals surface area contributed by atoms with E-state index in [0.29, 0.717) is 11.9 Å². The molecule has 2 aromatic rings. The summed E-state index contributed by atoms with van der Waals surface area (Å²) in [6.07, 6.45) is 2.58. The number of ether oxygens (including phenoxy) is 1. The first-order chi connectivity index (χ1) is 10.2. The van der Waals surface area contributed by atoms with Crippen molar-refractivity contribution in [3.05, 3.63) is 35.7 Å². The van der Waals surface area contributed by atoms with E-state index in [0.717, 1.165) is 35.2 Å². The van der Waals surface area contributed by atoms with Crippen molar-refractivity contribution in [2.24, 2.45) is 5.92 Å². The van der Waals surface area contributed by atoms with Crippen molar-refractivity contribution in [2.45, 2.75) is 32.7 Å². The second-order valence-electron chi connectivity index (χ2n) is 5.79. The van der Waals surface area contributed by atoms with E-state index in [4.69, 9.17) is 9.15 Å². The van der Waals surface area contributed by atoms with E-state index < -0.39 is 0 Å². The van der Waals surface area contributed by atoms with E-state index in [1.165, 1.54) is 12.8 Å². The molecule has 112 valence electrons. The first-order valence-corrected chi connectivity index (χ1v) is 7.47. The molecule has 1 N–H and O–H groups in total. The number of anilines is 1. The van der Waals surface area contributed by atoms with E-state index in [2.05, 4.69) is 22.4 Å². The molecule has 0 radical (unpaired) electrons. The quantitative estimate of drug-likeness (QED) is 0.877. The van der Waals surface area contributed by atoms with Crippen LogP contribution in [0.4, 0.5) is 5.69 Å². The molecule has 0 saturated heterocycles. The molecule has 0 amide bonds. The minimum absolute atomic E-state index is 0.387.